The first-order valence-electron chi connectivity index (χ1n) is 5.45. The Morgan fingerprint density at radius 1 is 1.44 bits per heavy atom. The summed E-state index contributed by atoms with van der Waals surface area (Å²) in [6.07, 6.45) is 2.80. The number of rotatable bonds is 4. The van der Waals surface area contributed by atoms with Crippen molar-refractivity contribution in [2.75, 3.05) is 5.88 Å². The molecule has 1 nitrogen and oxygen atoms in total. The van der Waals surface area contributed by atoms with Crippen LogP contribution in [0, 0.1) is 5.41 Å². The molecule has 1 rings (SSSR count). The Morgan fingerprint density at radius 3 is 2.44 bits per heavy atom. The lowest BCUT2D eigenvalue weighted by atomic mass is 9.89. The molecule has 1 heterocycles. The molecule has 1 unspecified atom stereocenters. The number of alkyl halides is 1. The van der Waals surface area contributed by atoms with Crippen LogP contribution in [-0.4, -0.2) is 10.9 Å². The first-order chi connectivity index (χ1) is 7.30. The van der Waals surface area contributed by atoms with Gasteiger partial charge in [-0.1, -0.05) is 33.8 Å². The Kier molecular flexibility index (Phi) is 4.19. The van der Waals surface area contributed by atoms with Gasteiger partial charge in [-0.05, 0) is 0 Å². The zero-order valence-corrected chi connectivity index (χ0v) is 12.1. The van der Waals surface area contributed by atoms with E-state index in [1.165, 1.54) is 0 Å². The molecule has 0 bridgehead atoms. The van der Waals surface area contributed by atoms with Gasteiger partial charge < -0.3 is 0 Å². The molecule has 0 radical (unpaired) electrons. The van der Waals surface area contributed by atoms with Gasteiger partial charge in [0.25, 0.3) is 0 Å². The van der Waals surface area contributed by atoms with Gasteiger partial charge in [-0.2, -0.15) is 0 Å². The third-order valence-electron chi connectivity index (χ3n) is 2.67. The van der Waals surface area contributed by atoms with E-state index >= 15 is 0 Å². The Hall–Kier alpha value is -0.340. The number of thiazole rings is 1. The molecule has 1 atom stereocenters. The average molecular weight is 258 g/mol. The number of hydrogen-bond acceptors (Lipinski definition) is 2. The van der Waals surface area contributed by atoms with E-state index in [0.717, 1.165) is 17.1 Å². The van der Waals surface area contributed by atoms with Gasteiger partial charge in [-0.3, -0.25) is 0 Å². The lowest BCUT2D eigenvalue weighted by Crippen LogP contribution is -2.19. The second kappa shape index (κ2) is 4.89. The largest absolute Gasteiger partial charge is 0.246 e. The van der Waals surface area contributed by atoms with Crippen molar-refractivity contribution in [3.8, 4) is 0 Å². The summed E-state index contributed by atoms with van der Waals surface area (Å²) in [5.41, 5.74) is 1.24. The zero-order valence-electron chi connectivity index (χ0n) is 10.5. The van der Waals surface area contributed by atoms with Gasteiger partial charge in [0.05, 0.1) is 10.7 Å². The Bertz CT molecular complexity index is 364. The quantitative estimate of drug-likeness (QED) is 0.575. The minimum atomic E-state index is -0.0471. The molecule has 1 aromatic rings. The summed E-state index contributed by atoms with van der Waals surface area (Å²) in [6.45, 7) is 12.5. The summed E-state index contributed by atoms with van der Waals surface area (Å²) in [5.74, 6) is 0.584. The predicted octanol–water partition coefficient (Wildman–Crippen LogP) is 4.41. The SMILES string of the molecule is C=CC(C)(CCl)Cc1nc(C(C)(C)C)cs1. The van der Waals surface area contributed by atoms with E-state index in [1.54, 1.807) is 11.3 Å². The van der Waals surface area contributed by atoms with Gasteiger partial charge in [-0.15, -0.1) is 29.5 Å². The van der Waals surface area contributed by atoms with E-state index in [1.807, 2.05) is 6.08 Å². The van der Waals surface area contributed by atoms with Crippen molar-refractivity contribution in [2.45, 2.75) is 39.5 Å². The number of halogens is 1. The van der Waals surface area contributed by atoms with Crippen molar-refractivity contribution in [3.63, 3.8) is 0 Å². The van der Waals surface area contributed by atoms with Gasteiger partial charge >= 0.3 is 0 Å². The van der Waals surface area contributed by atoms with Crippen LogP contribution < -0.4 is 0 Å². The van der Waals surface area contributed by atoms with E-state index in [-0.39, 0.29) is 10.8 Å². The van der Waals surface area contributed by atoms with Crippen molar-refractivity contribution in [2.24, 2.45) is 5.41 Å². The van der Waals surface area contributed by atoms with Crippen molar-refractivity contribution in [1.29, 1.82) is 0 Å². The molecule has 0 fully saturated rings. The minimum absolute atomic E-state index is 0.0471. The van der Waals surface area contributed by atoms with Crippen molar-refractivity contribution in [1.82, 2.24) is 4.98 Å². The lowest BCUT2D eigenvalue weighted by molar-refractivity contribution is 0.481. The summed E-state index contributed by atoms with van der Waals surface area (Å²) in [5, 5.41) is 3.29. The molecule has 0 aromatic carbocycles. The normalized spacial score (nSPS) is 15.8. The Labute approximate surface area is 108 Å². The van der Waals surface area contributed by atoms with E-state index < -0.39 is 0 Å². The molecule has 0 aliphatic carbocycles. The fourth-order valence-electron chi connectivity index (χ4n) is 1.26. The first kappa shape index (κ1) is 13.7. The first-order valence-corrected chi connectivity index (χ1v) is 6.86. The highest BCUT2D eigenvalue weighted by atomic mass is 35.5. The highest BCUT2D eigenvalue weighted by molar-refractivity contribution is 7.09. The van der Waals surface area contributed by atoms with Crippen LogP contribution in [0.4, 0.5) is 0 Å². The topological polar surface area (TPSA) is 12.9 Å². The predicted molar refractivity (Wildman–Crippen MR) is 73.5 cm³/mol. The Morgan fingerprint density at radius 2 is 2.06 bits per heavy atom. The van der Waals surface area contributed by atoms with E-state index in [9.17, 15) is 0 Å². The second-order valence-electron chi connectivity index (χ2n) is 5.55. The van der Waals surface area contributed by atoms with E-state index in [0.29, 0.717) is 5.88 Å². The highest BCUT2D eigenvalue weighted by Crippen LogP contribution is 2.30. The maximum Gasteiger partial charge on any atom is 0.0937 e. The molecule has 0 aliphatic rings. The minimum Gasteiger partial charge on any atom is -0.246 e. The third-order valence-corrected chi connectivity index (χ3v) is 4.13. The van der Waals surface area contributed by atoms with Gasteiger partial charge in [0.2, 0.25) is 0 Å². The zero-order chi connectivity index (χ0) is 12.4. The molecule has 0 N–H and O–H groups in total. The summed E-state index contributed by atoms with van der Waals surface area (Å²) in [7, 11) is 0. The molecule has 0 amide bonds. The van der Waals surface area contributed by atoms with Crippen molar-refractivity contribution in [3.05, 3.63) is 28.7 Å². The van der Waals surface area contributed by atoms with Crippen molar-refractivity contribution < 1.29 is 0 Å². The highest BCUT2D eigenvalue weighted by Gasteiger charge is 2.23. The van der Waals surface area contributed by atoms with Gasteiger partial charge in [0.15, 0.2) is 0 Å². The lowest BCUT2D eigenvalue weighted by Gasteiger charge is -2.21. The van der Waals surface area contributed by atoms with Crippen LogP contribution >= 0.6 is 22.9 Å². The second-order valence-corrected chi connectivity index (χ2v) is 6.75. The van der Waals surface area contributed by atoms with Crippen molar-refractivity contribution >= 4 is 22.9 Å². The van der Waals surface area contributed by atoms with Gasteiger partial charge in [-0.25, -0.2) is 4.98 Å². The third kappa shape index (κ3) is 3.33. The van der Waals surface area contributed by atoms with Crippen LogP contribution in [0.25, 0.3) is 0 Å². The summed E-state index contributed by atoms with van der Waals surface area (Å²) in [6, 6.07) is 0. The van der Waals surface area contributed by atoms with E-state index in [4.69, 9.17) is 11.6 Å². The molecule has 0 saturated heterocycles. The molecule has 1 aromatic heterocycles. The fraction of sp³-hybridized carbons (Fsp3) is 0.615. The molecule has 0 saturated carbocycles. The maximum absolute atomic E-state index is 5.96. The summed E-state index contributed by atoms with van der Waals surface area (Å²) in [4.78, 5) is 4.67. The summed E-state index contributed by atoms with van der Waals surface area (Å²) < 4.78 is 0. The number of allylic oxidation sites excluding steroid dienone is 1. The van der Waals surface area contributed by atoms with Crippen LogP contribution in [0.1, 0.15) is 38.4 Å². The van der Waals surface area contributed by atoms with E-state index in [2.05, 4.69) is 44.6 Å². The van der Waals surface area contributed by atoms with Crippen LogP contribution in [0.5, 0.6) is 0 Å². The van der Waals surface area contributed by atoms with Gasteiger partial charge in [0, 0.05) is 28.5 Å². The fourth-order valence-corrected chi connectivity index (χ4v) is 2.68. The number of nitrogens with zero attached hydrogens (tertiary/aromatic N) is 1. The molecular formula is C13H20ClNS. The van der Waals surface area contributed by atoms with Crippen LogP contribution in [0.15, 0.2) is 18.0 Å². The molecule has 0 aliphatic heterocycles. The molecule has 3 heteroatoms. The average Bonchev–Trinajstić information content (AvgIpc) is 2.65. The molecular weight excluding hydrogens is 238 g/mol. The van der Waals surface area contributed by atoms with Crippen LogP contribution in [0.2, 0.25) is 0 Å². The monoisotopic (exact) mass is 257 g/mol. The van der Waals surface area contributed by atoms with Crippen LogP contribution in [0.3, 0.4) is 0 Å². The summed E-state index contributed by atoms with van der Waals surface area (Å²) >= 11 is 7.68. The smallest absolute Gasteiger partial charge is 0.0937 e. The van der Waals surface area contributed by atoms with Crippen LogP contribution in [-0.2, 0) is 11.8 Å². The van der Waals surface area contributed by atoms with Gasteiger partial charge in [0.1, 0.15) is 0 Å². The molecule has 90 valence electrons. The molecule has 0 spiro atoms. The number of aromatic nitrogens is 1. The number of hydrogen-bond donors (Lipinski definition) is 0. The standard InChI is InChI=1S/C13H20ClNS/c1-6-13(5,9-14)7-11-15-10(8-16-11)12(2,3)4/h6,8H,1,7,9H2,2-5H3. The Balaban J connectivity index is 2.84. The maximum atomic E-state index is 5.96. The molecule has 16 heavy (non-hydrogen) atoms.